The van der Waals surface area contributed by atoms with Gasteiger partial charge in [0.1, 0.15) is 24.2 Å². The van der Waals surface area contributed by atoms with Crippen molar-refractivity contribution < 1.29 is 29.1 Å². The largest absolute Gasteiger partial charge is 0.480 e. The van der Waals surface area contributed by atoms with Gasteiger partial charge in [-0.05, 0) is 29.9 Å². The van der Waals surface area contributed by atoms with Crippen molar-refractivity contribution in [1.82, 2.24) is 21.3 Å². The number of carbonyl (C=O) groups excluding carboxylic acids is 4. The molecule has 0 fully saturated rings. The fourth-order valence-corrected chi connectivity index (χ4v) is 4.45. The van der Waals surface area contributed by atoms with E-state index in [9.17, 15) is 29.1 Å². The molecule has 2 rings (SSSR count). The van der Waals surface area contributed by atoms with Gasteiger partial charge in [0.05, 0.1) is 6.54 Å². The fraction of sp³-hybridized carbons (Fsp3) is 0.419. The SMILES string of the molecule is CC(C)[C@H](NC(=O)CN)C(=O)N[C@@H](CCCN=C(N)N)C(=O)N[C@@H](Cc1ccccc1)C(=O)N[C@@H](Cc1ccccc1)C(=O)O. The molecule has 0 aromatic heterocycles. The highest BCUT2D eigenvalue weighted by Crippen LogP contribution is 2.09. The maximum atomic E-state index is 13.7. The molecule has 0 heterocycles. The van der Waals surface area contributed by atoms with Crippen molar-refractivity contribution in [2.24, 2.45) is 28.1 Å². The molecule has 0 radical (unpaired) electrons. The van der Waals surface area contributed by atoms with Crippen LogP contribution < -0.4 is 38.5 Å². The zero-order valence-corrected chi connectivity index (χ0v) is 25.6. The number of carboxylic acids is 1. The zero-order valence-electron chi connectivity index (χ0n) is 25.6. The molecule has 14 nitrogen and oxygen atoms in total. The summed E-state index contributed by atoms with van der Waals surface area (Å²) in [5, 5.41) is 20.3. The molecule has 0 aliphatic rings. The van der Waals surface area contributed by atoms with Gasteiger partial charge in [0.2, 0.25) is 23.6 Å². The van der Waals surface area contributed by atoms with Gasteiger partial charge < -0.3 is 43.6 Å². The minimum atomic E-state index is -1.26. The molecule has 0 bridgehead atoms. The molecule has 4 atom stereocenters. The number of hydrogen-bond acceptors (Lipinski definition) is 7. The second-order valence-corrected chi connectivity index (χ2v) is 10.8. The molecule has 2 aromatic rings. The van der Waals surface area contributed by atoms with Crippen molar-refractivity contribution in [3.63, 3.8) is 0 Å². The summed E-state index contributed by atoms with van der Waals surface area (Å²) in [7, 11) is 0. The zero-order chi connectivity index (χ0) is 33.4. The van der Waals surface area contributed by atoms with Crippen LogP contribution in [0.3, 0.4) is 0 Å². The number of nitrogens with one attached hydrogen (secondary N) is 4. The van der Waals surface area contributed by atoms with Crippen LogP contribution in [0.4, 0.5) is 0 Å². The molecule has 244 valence electrons. The van der Waals surface area contributed by atoms with Gasteiger partial charge in [-0.3, -0.25) is 24.2 Å². The highest BCUT2D eigenvalue weighted by molar-refractivity contribution is 5.95. The lowest BCUT2D eigenvalue weighted by molar-refractivity contribution is -0.142. The van der Waals surface area contributed by atoms with E-state index < -0.39 is 53.8 Å². The summed E-state index contributed by atoms with van der Waals surface area (Å²) < 4.78 is 0. The number of amides is 4. The number of carboxylic acid groups (broad SMARTS) is 1. The van der Waals surface area contributed by atoms with Gasteiger partial charge in [0.25, 0.3) is 0 Å². The molecule has 0 spiro atoms. The van der Waals surface area contributed by atoms with E-state index in [1.54, 1.807) is 74.5 Å². The molecule has 0 saturated heterocycles. The number of nitrogens with two attached hydrogens (primary N) is 3. The van der Waals surface area contributed by atoms with Gasteiger partial charge in [0, 0.05) is 19.4 Å². The minimum absolute atomic E-state index is 0.0303. The number of guanidine groups is 1. The number of hydrogen-bond donors (Lipinski definition) is 8. The van der Waals surface area contributed by atoms with Crippen molar-refractivity contribution in [1.29, 1.82) is 0 Å². The third-order valence-electron chi connectivity index (χ3n) is 6.84. The molecule has 0 saturated carbocycles. The summed E-state index contributed by atoms with van der Waals surface area (Å²) in [5.41, 5.74) is 17.6. The number of aliphatic imine (C=N–C) groups is 1. The predicted molar refractivity (Wildman–Crippen MR) is 169 cm³/mol. The second-order valence-electron chi connectivity index (χ2n) is 10.8. The third kappa shape index (κ3) is 13.0. The Morgan fingerprint density at radius 2 is 1.22 bits per heavy atom. The van der Waals surface area contributed by atoms with E-state index in [0.29, 0.717) is 17.5 Å². The lowest BCUT2D eigenvalue weighted by Crippen LogP contribution is -2.59. The van der Waals surface area contributed by atoms with Crippen LogP contribution in [0.25, 0.3) is 0 Å². The van der Waals surface area contributed by atoms with Crippen LogP contribution >= 0.6 is 0 Å². The first-order valence-corrected chi connectivity index (χ1v) is 14.7. The highest BCUT2D eigenvalue weighted by atomic mass is 16.4. The van der Waals surface area contributed by atoms with Crippen molar-refractivity contribution in [2.45, 2.75) is 63.7 Å². The van der Waals surface area contributed by atoms with Gasteiger partial charge in [-0.1, -0.05) is 74.5 Å². The maximum Gasteiger partial charge on any atom is 0.326 e. The van der Waals surface area contributed by atoms with E-state index in [4.69, 9.17) is 17.2 Å². The summed E-state index contributed by atoms with van der Waals surface area (Å²) in [4.78, 5) is 68.4. The third-order valence-corrected chi connectivity index (χ3v) is 6.84. The van der Waals surface area contributed by atoms with E-state index >= 15 is 0 Å². The van der Waals surface area contributed by atoms with Crippen LogP contribution in [0.1, 0.15) is 37.8 Å². The average molecular weight is 625 g/mol. The fourth-order valence-electron chi connectivity index (χ4n) is 4.45. The molecule has 0 aliphatic heterocycles. The van der Waals surface area contributed by atoms with Crippen molar-refractivity contribution >= 4 is 35.6 Å². The number of nitrogens with zero attached hydrogens (tertiary/aromatic N) is 1. The molecule has 45 heavy (non-hydrogen) atoms. The Hall–Kier alpha value is -4.98. The monoisotopic (exact) mass is 624 g/mol. The van der Waals surface area contributed by atoms with Crippen molar-refractivity contribution in [3.05, 3.63) is 71.8 Å². The Labute approximate surface area is 262 Å². The van der Waals surface area contributed by atoms with E-state index in [1.807, 2.05) is 0 Å². The molecular weight excluding hydrogens is 580 g/mol. The van der Waals surface area contributed by atoms with Crippen LogP contribution in [0.15, 0.2) is 65.7 Å². The van der Waals surface area contributed by atoms with Crippen LogP contribution in [0, 0.1) is 5.92 Å². The number of rotatable bonds is 18. The number of benzene rings is 2. The Balaban J connectivity index is 2.32. The van der Waals surface area contributed by atoms with Crippen molar-refractivity contribution in [2.75, 3.05) is 13.1 Å². The van der Waals surface area contributed by atoms with Crippen LogP contribution in [-0.4, -0.2) is 77.9 Å². The molecule has 4 amide bonds. The van der Waals surface area contributed by atoms with E-state index in [0.717, 1.165) is 0 Å². The smallest absolute Gasteiger partial charge is 0.326 e. The molecule has 2 aromatic carbocycles. The summed E-state index contributed by atoms with van der Waals surface area (Å²) in [6, 6.07) is 13.1. The summed E-state index contributed by atoms with van der Waals surface area (Å²) in [5.74, 6) is -4.26. The van der Waals surface area contributed by atoms with Gasteiger partial charge in [0.15, 0.2) is 5.96 Å². The van der Waals surface area contributed by atoms with Crippen LogP contribution in [0.5, 0.6) is 0 Å². The summed E-state index contributed by atoms with van der Waals surface area (Å²) in [6.07, 6.45) is 0.468. The van der Waals surface area contributed by atoms with Gasteiger partial charge in [-0.15, -0.1) is 0 Å². The normalized spacial score (nSPS) is 13.4. The van der Waals surface area contributed by atoms with Gasteiger partial charge in [-0.2, -0.15) is 0 Å². The molecule has 14 heteroatoms. The van der Waals surface area contributed by atoms with Crippen LogP contribution in [0.2, 0.25) is 0 Å². The number of carbonyl (C=O) groups is 5. The quantitative estimate of drug-likeness (QED) is 0.0585. The first-order chi connectivity index (χ1) is 21.4. The van der Waals surface area contributed by atoms with Crippen molar-refractivity contribution in [3.8, 4) is 0 Å². The lowest BCUT2D eigenvalue weighted by atomic mass is 10.0. The van der Waals surface area contributed by atoms with Crippen LogP contribution in [-0.2, 0) is 36.8 Å². The Bertz CT molecular complexity index is 1300. The first-order valence-electron chi connectivity index (χ1n) is 14.7. The summed E-state index contributed by atoms with van der Waals surface area (Å²) in [6.45, 7) is 3.30. The maximum absolute atomic E-state index is 13.7. The highest BCUT2D eigenvalue weighted by Gasteiger charge is 2.32. The topological polar surface area (TPSA) is 244 Å². The van der Waals surface area contributed by atoms with E-state index in [2.05, 4.69) is 26.3 Å². The standard InChI is InChI=1S/C31H44N8O6/c1-19(2)26(39-25(40)18-32)29(43)36-22(14-9-15-35-31(33)34)27(41)37-23(16-20-10-5-3-6-11-20)28(42)38-24(30(44)45)17-21-12-7-4-8-13-21/h3-8,10-13,19,22-24,26H,9,14-18,32H2,1-2H3,(H,36,43)(H,37,41)(H,38,42)(H,39,40)(H,44,45)(H4,33,34,35)/t22-,23-,24-,26-/m0/s1. The molecular formula is C31H44N8O6. The lowest BCUT2D eigenvalue weighted by Gasteiger charge is -2.27. The van der Waals surface area contributed by atoms with E-state index in [-0.39, 0.29) is 44.2 Å². The Morgan fingerprint density at radius 3 is 1.71 bits per heavy atom. The Kier molecular flexibility index (Phi) is 15.0. The number of aliphatic carboxylic acids is 1. The van der Waals surface area contributed by atoms with Gasteiger partial charge in [-0.25, -0.2) is 4.79 Å². The molecule has 0 unspecified atom stereocenters. The average Bonchev–Trinajstić information content (AvgIpc) is 3.00. The second kappa shape index (κ2) is 18.6. The molecule has 0 aliphatic carbocycles. The van der Waals surface area contributed by atoms with E-state index in [1.165, 1.54) is 0 Å². The minimum Gasteiger partial charge on any atom is -0.480 e. The van der Waals surface area contributed by atoms with Gasteiger partial charge >= 0.3 is 5.97 Å². The Morgan fingerprint density at radius 1 is 0.733 bits per heavy atom. The first kappa shape index (κ1) is 36.2. The molecule has 11 N–H and O–H groups in total. The summed E-state index contributed by atoms with van der Waals surface area (Å²) >= 11 is 0. The predicted octanol–water partition coefficient (Wildman–Crippen LogP) is -0.836.